The first kappa shape index (κ1) is 23.7. The number of ether oxygens (including phenoxy) is 1. The van der Waals surface area contributed by atoms with Crippen LogP contribution >= 0.6 is 11.6 Å². The smallest absolute Gasteiger partial charge is 0.251 e. The lowest BCUT2D eigenvalue weighted by Gasteiger charge is -2.38. The summed E-state index contributed by atoms with van der Waals surface area (Å²) in [7, 11) is 0. The van der Waals surface area contributed by atoms with Gasteiger partial charge in [0.2, 0.25) is 5.91 Å². The van der Waals surface area contributed by atoms with E-state index in [0.29, 0.717) is 48.8 Å². The lowest BCUT2D eigenvalue weighted by Crippen LogP contribution is -2.47. The summed E-state index contributed by atoms with van der Waals surface area (Å²) >= 11 is 6.37. The molecule has 0 bridgehead atoms. The molecule has 2 aromatic carbocycles. The predicted octanol–water partition coefficient (Wildman–Crippen LogP) is 3.79. The van der Waals surface area contributed by atoms with Crippen molar-refractivity contribution >= 4 is 23.4 Å². The van der Waals surface area contributed by atoms with E-state index in [4.69, 9.17) is 16.3 Å². The van der Waals surface area contributed by atoms with Crippen LogP contribution in [-0.4, -0.2) is 60.5 Å². The van der Waals surface area contributed by atoms with Gasteiger partial charge in [-0.05, 0) is 43.2 Å². The number of nitrogens with zero attached hydrogens (tertiary/aromatic N) is 2. The van der Waals surface area contributed by atoms with Crippen LogP contribution < -0.4 is 5.32 Å². The van der Waals surface area contributed by atoms with E-state index in [1.165, 1.54) is 6.07 Å². The van der Waals surface area contributed by atoms with Gasteiger partial charge in [0.25, 0.3) is 5.91 Å². The molecule has 2 heterocycles. The van der Waals surface area contributed by atoms with E-state index >= 15 is 0 Å². The summed E-state index contributed by atoms with van der Waals surface area (Å²) in [5, 5.41) is 3.29. The predicted molar refractivity (Wildman–Crippen MR) is 125 cm³/mol. The third-order valence-electron chi connectivity index (χ3n) is 6.26. The summed E-state index contributed by atoms with van der Waals surface area (Å²) in [6.45, 7) is 5.32. The molecule has 2 aliphatic rings. The average Bonchev–Trinajstić information content (AvgIpc) is 3.20. The summed E-state index contributed by atoms with van der Waals surface area (Å²) in [6, 6.07) is 11.5. The standard InChI is InChI=1S/C25H29ClFN3O3/c1-17-15-29(12-13-33-17)22(24-20(26)4-2-5-21(24)27)14-28-25(32)19-9-7-18(8-10-19)16-30-11-3-6-23(30)31/h2,4-5,7-10,17,22H,3,6,11-16H2,1H3,(H,28,32). The maximum Gasteiger partial charge on any atom is 0.251 e. The summed E-state index contributed by atoms with van der Waals surface area (Å²) < 4.78 is 20.4. The van der Waals surface area contributed by atoms with E-state index in [-0.39, 0.29) is 30.3 Å². The molecule has 0 aromatic heterocycles. The van der Waals surface area contributed by atoms with E-state index in [9.17, 15) is 14.0 Å². The molecule has 2 aliphatic heterocycles. The van der Waals surface area contributed by atoms with Gasteiger partial charge in [-0.25, -0.2) is 4.39 Å². The van der Waals surface area contributed by atoms with Gasteiger partial charge in [-0.2, -0.15) is 0 Å². The van der Waals surface area contributed by atoms with Crippen LogP contribution in [0.3, 0.4) is 0 Å². The third kappa shape index (κ3) is 5.72. The van der Waals surface area contributed by atoms with Gasteiger partial charge >= 0.3 is 0 Å². The Morgan fingerprint density at radius 2 is 2.03 bits per heavy atom. The summed E-state index contributed by atoms with van der Waals surface area (Å²) in [6.07, 6.45) is 1.52. The molecule has 2 atom stereocenters. The Morgan fingerprint density at radius 3 is 2.70 bits per heavy atom. The molecule has 0 saturated carbocycles. The van der Waals surface area contributed by atoms with Gasteiger partial charge in [-0.15, -0.1) is 0 Å². The third-order valence-corrected chi connectivity index (χ3v) is 6.59. The number of carbonyl (C=O) groups is 2. The zero-order valence-electron chi connectivity index (χ0n) is 18.7. The van der Waals surface area contributed by atoms with E-state index in [0.717, 1.165) is 18.5 Å². The molecule has 2 fully saturated rings. The summed E-state index contributed by atoms with van der Waals surface area (Å²) in [5.74, 6) is -0.452. The molecule has 33 heavy (non-hydrogen) atoms. The SMILES string of the molecule is CC1CN(C(CNC(=O)c2ccc(CN3CCCC3=O)cc2)c2c(F)cccc2Cl)CCO1. The summed E-state index contributed by atoms with van der Waals surface area (Å²) in [4.78, 5) is 28.6. The highest BCUT2D eigenvalue weighted by Crippen LogP contribution is 2.31. The Hall–Kier alpha value is -2.48. The van der Waals surface area contributed by atoms with Crippen LogP contribution in [-0.2, 0) is 16.1 Å². The molecular weight excluding hydrogens is 445 g/mol. The zero-order chi connectivity index (χ0) is 23.4. The second-order valence-corrected chi connectivity index (χ2v) is 9.06. The Balaban J connectivity index is 1.44. The van der Waals surface area contributed by atoms with Gasteiger partial charge in [0.05, 0.1) is 18.8 Å². The van der Waals surface area contributed by atoms with Crippen molar-refractivity contribution in [3.63, 3.8) is 0 Å². The van der Waals surface area contributed by atoms with Crippen LogP contribution in [0, 0.1) is 5.82 Å². The fraction of sp³-hybridized carbons (Fsp3) is 0.440. The molecule has 1 N–H and O–H groups in total. The van der Waals surface area contributed by atoms with Crippen molar-refractivity contribution in [2.24, 2.45) is 0 Å². The van der Waals surface area contributed by atoms with Gasteiger partial charge < -0.3 is 15.0 Å². The molecule has 2 amide bonds. The number of morpholine rings is 1. The molecule has 0 aliphatic carbocycles. The van der Waals surface area contributed by atoms with Gasteiger partial charge in [0.1, 0.15) is 5.82 Å². The number of hydrogen-bond acceptors (Lipinski definition) is 4. The lowest BCUT2D eigenvalue weighted by molar-refractivity contribution is -0.128. The number of halogens is 2. The second-order valence-electron chi connectivity index (χ2n) is 8.65. The lowest BCUT2D eigenvalue weighted by atomic mass is 10.0. The normalized spacial score (nSPS) is 20.2. The van der Waals surface area contributed by atoms with Crippen molar-refractivity contribution in [1.82, 2.24) is 15.1 Å². The minimum atomic E-state index is -0.408. The zero-order valence-corrected chi connectivity index (χ0v) is 19.5. The van der Waals surface area contributed by atoms with Crippen molar-refractivity contribution in [2.45, 2.75) is 38.5 Å². The second kappa shape index (κ2) is 10.6. The maximum absolute atomic E-state index is 14.8. The topological polar surface area (TPSA) is 61.9 Å². The number of carbonyl (C=O) groups excluding carboxylic acids is 2. The van der Waals surface area contributed by atoms with E-state index < -0.39 is 6.04 Å². The Morgan fingerprint density at radius 1 is 1.24 bits per heavy atom. The number of hydrogen-bond donors (Lipinski definition) is 1. The van der Waals surface area contributed by atoms with E-state index in [1.54, 1.807) is 24.3 Å². The van der Waals surface area contributed by atoms with Crippen molar-refractivity contribution in [3.05, 3.63) is 70.0 Å². The van der Waals surface area contributed by atoms with Crippen molar-refractivity contribution < 1.29 is 18.7 Å². The molecule has 2 aromatic rings. The molecular formula is C25H29ClFN3O3. The highest BCUT2D eigenvalue weighted by molar-refractivity contribution is 6.31. The molecule has 2 unspecified atom stereocenters. The molecule has 0 radical (unpaired) electrons. The number of likely N-dealkylation sites (tertiary alicyclic amines) is 1. The van der Waals surface area contributed by atoms with Crippen molar-refractivity contribution in [2.75, 3.05) is 32.8 Å². The van der Waals surface area contributed by atoms with Gasteiger partial charge in [0, 0.05) is 55.3 Å². The van der Waals surface area contributed by atoms with Crippen LogP contribution in [0.5, 0.6) is 0 Å². The minimum Gasteiger partial charge on any atom is -0.376 e. The Kier molecular flexibility index (Phi) is 7.63. The molecule has 2 saturated heterocycles. The first-order valence-corrected chi connectivity index (χ1v) is 11.7. The van der Waals surface area contributed by atoms with Crippen molar-refractivity contribution in [3.8, 4) is 0 Å². The van der Waals surface area contributed by atoms with E-state index in [1.807, 2.05) is 24.0 Å². The maximum atomic E-state index is 14.8. The quantitative estimate of drug-likeness (QED) is 0.664. The number of rotatable bonds is 7. The first-order valence-electron chi connectivity index (χ1n) is 11.4. The molecule has 0 spiro atoms. The molecule has 8 heteroatoms. The van der Waals surface area contributed by atoms with Crippen molar-refractivity contribution in [1.29, 1.82) is 0 Å². The van der Waals surface area contributed by atoms with Crippen LogP contribution in [0.2, 0.25) is 5.02 Å². The van der Waals surface area contributed by atoms with Crippen LogP contribution in [0.25, 0.3) is 0 Å². The van der Waals surface area contributed by atoms with Gasteiger partial charge in [-0.1, -0.05) is 29.8 Å². The van der Waals surface area contributed by atoms with Gasteiger partial charge in [-0.3, -0.25) is 14.5 Å². The minimum absolute atomic E-state index is 0.0116. The highest BCUT2D eigenvalue weighted by Gasteiger charge is 2.29. The Labute approximate surface area is 198 Å². The van der Waals surface area contributed by atoms with Gasteiger partial charge in [0.15, 0.2) is 0 Å². The average molecular weight is 474 g/mol. The largest absolute Gasteiger partial charge is 0.376 e. The number of benzene rings is 2. The molecule has 6 nitrogen and oxygen atoms in total. The fourth-order valence-electron chi connectivity index (χ4n) is 4.52. The Bertz CT molecular complexity index is 981. The monoisotopic (exact) mass is 473 g/mol. The molecule has 176 valence electrons. The van der Waals surface area contributed by atoms with Crippen LogP contribution in [0.4, 0.5) is 4.39 Å². The van der Waals surface area contributed by atoms with Crippen LogP contribution in [0.15, 0.2) is 42.5 Å². The number of amides is 2. The first-order chi connectivity index (χ1) is 15.9. The van der Waals surface area contributed by atoms with Crippen LogP contribution in [0.1, 0.15) is 47.3 Å². The van der Waals surface area contributed by atoms with E-state index in [2.05, 4.69) is 10.2 Å². The summed E-state index contributed by atoms with van der Waals surface area (Å²) in [5.41, 5.74) is 1.89. The fourth-order valence-corrected chi connectivity index (χ4v) is 4.80. The highest BCUT2D eigenvalue weighted by atomic mass is 35.5. The molecule has 4 rings (SSSR count). The number of nitrogens with one attached hydrogen (secondary N) is 1.